The summed E-state index contributed by atoms with van der Waals surface area (Å²) >= 11 is 1.73. The minimum Gasteiger partial charge on any atom is -0.379 e. The van der Waals surface area contributed by atoms with Crippen LogP contribution in [-0.4, -0.2) is 61.3 Å². The second kappa shape index (κ2) is 10.8. The van der Waals surface area contributed by atoms with Gasteiger partial charge in [-0.25, -0.2) is 9.98 Å². The number of nitrogens with zero attached hydrogens (tertiary/aromatic N) is 3. The van der Waals surface area contributed by atoms with Gasteiger partial charge in [0.15, 0.2) is 5.96 Å². The van der Waals surface area contributed by atoms with E-state index in [1.54, 1.807) is 11.3 Å². The molecule has 2 heterocycles. The molecule has 0 radical (unpaired) electrons. The molecule has 0 aromatic carbocycles. The zero-order chi connectivity index (χ0) is 18.9. The Morgan fingerprint density at radius 1 is 1.27 bits per heavy atom. The number of aryl methyl sites for hydroxylation is 2. The molecule has 0 saturated carbocycles. The van der Waals surface area contributed by atoms with Gasteiger partial charge in [0.1, 0.15) is 5.01 Å². The first kappa shape index (κ1) is 21.1. The highest BCUT2D eigenvalue weighted by atomic mass is 32.1. The summed E-state index contributed by atoms with van der Waals surface area (Å²) in [6, 6.07) is 0.507. The molecule has 1 aliphatic rings. The number of aromatic nitrogens is 1. The standard InChI is InChI=1S/C19H35N5OS/c1-6-20-19(22-13-18-23-15(4)16(5)26-18)21-12-17(11-14(2)3)24-7-9-25-10-8-24/h14,17H,6-13H2,1-5H3,(H2,20,21,22). The van der Waals surface area contributed by atoms with Crippen molar-refractivity contribution in [1.29, 1.82) is 0 Å². The van der Waals surface area contributed by atoms with Crippen LogP contribution in [0.5, 0.6) is 0 Å². The lowest BCUT2D eigenvalue weighted by Gasteiger charge is -2.35. The van der Waals surface area contributed by atoms with E-state index in [2.05, 4.69) is 55.1 Å². The largest absolute Gasteiger partial charge is 0.379 e. The van der Waals surface area contributed by atoms with Gasteiger partial charge < -0.3 is 15.4 Å². The Hall–Kier alpha value is -1.18. The summed E-state index contributed by atoms with van der Waals surface area (Å²) in [5.74, 6) is 1.55. The summed E-state index contributed by atoms with van der Waals surface area (Å²) in [6.45, 7) is 17.0. The number of rotatable bonds is 8. The second-order valence-corrected chi connectivity index (χ2v) is 8.54. The monoisotopic (exact) mass is 381 g/mol. The van der Waals surface area contributed by atoms with Crippen LogP contribution in [0, 0.1) is 19.8 Å². The Morgan fingerprint density at radius 2 is 2.00 bits per heavy atom. The van der Waals surface area contributed by atoms with Gasteiger partial charge in [-0.1, -0.05) is 13.8 Å². The van der Waals surface area contributed by atoms with Crippen molar-refractivity contribution in [2.45, 2.75) is 53.6 Å². The maximum atomic E-state index is 5.51. The van der Waals surface area contributed by atoms with Gasteiger partial charge in [0, 0.05) is 37.1 Å². The normalized spacial score (nSPS) is 17.5. The molecule has 26 heavy (non-hydrogen) atoms. The molecule has 6 nitrogen and oxygen atoms in total. The first-order chi connectivity index (χ1) is 12.5. The summed E-state index contributed by atoms with van der Waals surface area (Å²) in [5, 5.41) is 7.98. The molecule has 1 atom stereocenters. The highest BCUT2D eigenvalue weighted by Gasteiger charge is 2.22. The SMILES string of the molecule is CCNC(=NCc1nc(C)c(C)s1)NCC(CC(C)C)N1CCOCC1. The smallest absolute Gasteiger partial charge is 0.191 e. The van der Waals surface area contributed by atoms with Crippen molar-refractivity contribution in [3.05, 3.63) is 15.6 Å². The van der Waals surface area contributed by atoms with E-state index in [-0.39, 0.29) is 0 Å². The van der Waals surface area contributed by atoms with Gasteiger partial charge in [-0.2, -0.15) is 0 Å². The van der Waals surface area contributed by atoms with E-state index >= 15 is 0 Å². The Morgan fingerprint density at radius 3 is 2.58 bits per heavy atom. The van der Waals surface area contributed by atoms with Crippen LogP contribution < -0.4 is 10.6 Å². The molecular weight excluding hydrogens is 346 g/mol. The van der Waals surface area contributed by atoms with Crippen molar-refractivity contribution in [2.75, 3.05) is 39.4 Å². The molecule has 0 aliphatic carbocycles. The van der Waals surface area contributed by atoms with Gasteiger partial charge in [0.05, 0.1) is 25.5 Å². The molecule has 148 valence electrons. The van der Waals surface area contributed by atoms with Crippen molar-refractivity contribution in [3.63, 3.8) is 0 Å². The molecule has 0 amide bonds. The van der Waals surface area contributed by atoms with Gasteiger partial charge in [-0.15, -0.1) is 11.3 Å². The van der Waals surface area contributed by atoms with Crippen molar-refractivity contribution >= 4 is 17.3 Å². The first-order valence-electron chi connectivity index (χ1n) is 9.76. The summed E-state index contributed by atoms with van der Waals surface area (Å²) in [7, 11) is 0. The average molecular weight is 382 g/mol. The molecule has 1 aliphatic heterocycles. The number of aliphatic imine (C=N–C) groups is 1. The van der Waals surface area contributed by atoms with Gasteiger partial charge >= 0.3 is 0 Å². The molecule has 2 rings (SSSR count). The average Bonchev–Trinajstić information content (AvgIpc) is 2.94. The molecule has 0 spiro atoms. The third-order valence-electron chi connectivity index (χ3n) is 4.60. The zero-order valence-corrected chi connectivity index (χ0v) is 17.8. The third kappa shape index (κ3) is 6.85. The van der Waals surface area contributed by atoms with Gasteiger partial charge in [-0.05, 0) is 33.1 Å². The number of hydrogen-bond donors (Lipinski definition) is 2. The Balaban J connectivity index is 1.95. The van der Waals surface area contributed by atoms with Crippen molar-refractivity contribution in [3.8, 4) is 0 Å². The molecule has 1 fully saturated rings. The minimum atomic E-state index is 0.507. The van der Waals surface area contributed by atoms with Gasteiger partial charge in [-0.3, -0.25) is 4.90 Å². The van der Waals surface area contributed by atoms with Gasteiger partial charge in [0.25, 0.3) is 0 Å². The van der Waals surface area contributed by atoms with Crippen LogP contribution in [0.3, 0.4) is 0 Å². The number of morpholine rings is 1. The molecule has 1 aromatic rings. The van der Waals surface area contributed by atoms with Crippen molar-refractivity contribution < 1.29 is 4.74 Å². The number of hydrogen-bond acceptors (Lipinski definition) is 5. The van der Waals surface area contributed by atoms with Crippen LogP contribution in [0.25, 0.3) is 0 Å². The van der Waals surface area contributed by atoms with Crippen LogP contribution in [0.1, 0.15) is 42.8 Å². The van der Waals surface area contributed by atoms with E-state index in [4.69, 9.17) is 9.73 Å². The lowest BCUT2D eigenvalue weighted by molar-refractivity contribution is 0.0132. The minimum absolute atomic E-state index is 0.507. The van der Waals surface area contributed by atoms with E-state index in [0.717, 1.165) is 56.1 Å². The van der Waals surface area contributed by atoms with E-state index in [9.17, 15) is 0 Å². The van der Waals surface area contributed by atoms with E-state index in [1.165, 1.54) is 11.3 Å². The predicted molar refractivity (Wildman–Crippen MR) is 110 cm³/mol. The summed E-state index contributed by atoms with van der Waals surface area (Å²) in [4.78, 5) is 13.1. The lowest BCUT2D eigenvalue weighted by Crippen LogP contribution is -2.51. The molecule has 1 saturated heterocycles. The van der Waals surface area contributed by atoms with Crippen molar-refractivity contribution in [2.24, 2.45) is 10.9 Å². The summed E-state index contributed by atoms with van der Waals surface area (Å²) in [5.41, 5.74) is 1.11. The number of guanidine groups is 1. The first-order valence-corrected chi connectivity index (χ1v) is 10.6. The maximum absolute atomic E-state index is 5.51. The number of thiazole rings is 1. The molecule has 2 N–H and O–H groups in total. The molecule has 0 bridgehead atoms. The van der Waals surface area contributed by atoms with E-state index in [1.807, 2.05) is 0 Å². The number of nitrogens with one attached hydrogen (secondary N) is 2. The summed E-state index contributed by atoms with van der Waals surface area (Å²) in [6.07, 6.45) is 1.18. The van der Waals surface area contributed by atoms with Crippen LogP contribution in [0.4, 0.5) is 0 Å². The highest BCUT2D eigenvalue weighted by molar-refractivity contribution is 7.11. The zero-order valence-electron chi connectivity index (χ0n) is 17.0. The third-order valence-corrected chi connectivity index (χ3v) is 5.66. The van der Waals surface area contributed by atoms with Crippen LogP contribution in [0.15, 0.2) is 4.99 Å². The van der Waals surface area contributed by atoms with E-state index in [0.29, 0.717) is 18.5 Å². The highest BCUT2D eigenvalue weighted by Crippen LogP contribution is 2.17. The maximum Gasteiger partial charge on any atom is 0.191 e. The van der Waals surface area contributed by atoms with Gasteiger partial charge in [0.2, 0.25) is 0 Å². The lowest BCUT2D eigenvalue weighted by atomic mass is 10.0. The van der Waals surface area contributed by atoms with Crippen LogP contribution in [-0.2, 0) is 11.3 Å². The Bertz CT molecular complexity index is 547. The topological polar surface area (TPSA) is 61.8 Å². The summed E-state index contributed by atoms with van der Waals surface area (Å²) < 4.78 is 5.51. The van der Waals surface area contributed by atoms with Crippen LogP contribution in [0.2, 0.25) is 0 Å². The fourth-order valence-corrected chi connectivity index (χ4v) is 4.02. The number of ether oxygens (including phenoxy) is 1. The Kier molecular flexibility index (Phi) is 8.81. The fraction of sp³-hybridized carbons (Fsp3) is 0.789. The van der Waals surface area contributed by atoms with Crippen molar-refractivity contribution in [1.82, 2.24) is 20.5 Å². The molecule has 1 unspecified atom stereocenters. The Labute approximate surface area is 162 Å². The molecule has 7 heteroatoms. The molecule has 1 aromatic heterocycles. The fourth-order valence-electron chi connectivity index (χ4n) is 3.16. The molecular formula is C19H35N5OS. The predicted octanol–water partition coefficient (Wildman–Crippen LogP) is 2.56. The second-order valence-electron chi connectivity index (χ2n) is 7.26. The van der Waals surface area contributed by atoms with Crippen LogP contribution >= 0.6 is 11.3 Å². The van der Waals surface area contributed by atoms with E-state index < -0.39 is 0 Å². The quantitative estimate of drug-likeness (QED) is 0.535.